The van der Waals surface area contributed by atoms with Gasteiger partial charge in [0.25, 0.3) is 11.8 Å². The van der Waals surface area contributed by atoms with Gasteiger partial charge in [-0.15, -0.1) is 0 Å². The van der Waals surface area contributed by atoms with E-state index in [1.54, 1.807) is 48.5 Å². The van der Waals surface area contributed by atoms with Crippen molar-refractivity contribution in [3.8, 4) is 0 Å². The van der Waals surface area contributed by atoms with E-state index < -0.39 is 0 Å². The van der Waals surface area contributed by atoms with Crippen molar-refractivity contribution in [3.05, 3.63) is 59.7 Å². The summed E-state index contributed by atoms with van der Waals surface area (Å²) in [5.74, 6) is -0.245. The van der Waals surface area contributed by atoms with Gasteiger partial charge in [0.15, 0.2) is 0 Å². The van der Waals surface area contributed by atoms with Crippen molar-refractivity contribution in [3.63, 3.8) is 0 Å². The van der Waals surface area contributed by atoms with E-state index >= 15 is 0 Å². The van der Waals surface area contributed by atoms with Crippen LogP contribution in [0.15, 0.2) is 48.5 Å². The van der Waals surface area contributed by atoms with E-state index in [1.165, 1.54) is 0 Å². The molecule has 0 spiro atoms. The standard InChI is InChI=1S/C24H34N4O5/c25-21-7-3-19(4-8-21)23(29)27-11-1-13-31-15-17-33-18-16-32-14-2-12-28-24(30)20-5-9-22(26)10-6-20/h3-10H,1-2,11-18,25-26H2,(H,27,29)(H,28,30). The molecule has 0 radical (unpaired) electrons. The van der Waals surface area contributed by atoms with Crippen LogP contribution >= 0.6 is 0 Å². The molecule has 6 N–H and O–H groups in total. The summed E-state index contributed by atoms with van der Waals surface area (Å²) in [7, 11) is 0. The van der Waals surface area contributed by atoms with E-state index in [-0.39, 0.29) is 11.8 Å². The van der Waals surface area contributed by atoms with Crippen molar-refractivity contribution >= 4 is 23.2 Å². The van der Waals surface area contributed by atoms with Gasteiger partial charge >= 0.3 is 0 Å². The Labute approximate surface area is 194 Å². The van der Waals surface area contributed by atoms with Crippen molar-refractivity contribution in [2.45, 2.75) is 12.8 Å². The quantitative estimate of drug-likeness (QED) is 0.222. The van der Waals surface area contributed by atoms with Crippen LogP contribution in [0.25, 0.3) is 0 Å². The molecule has 0 unspecified atom stereocenters. The van der Waals surface area contributed by atoms with Crippen LogP contribution in [0, 0.1) is 0 Å². The van der Waals surface area contributed by atoms with Crippen LogP contribution in [0.2, 0.25) is 0 Å². The molecule has 2 rings (SSSR count). The SMILES string of the molecule is Nc1ccc(C(=O)NCCCOCCOCCOCCCNC(=O)c2ccc(N)cc2)cc1. The number of nitrogen functional groups attached to an aromatic ring is 2. The Morgan fingerprint density at radius 3 is 1.27 bits per heavy atom. The van der Waals surface area contributed by atoms with Gasteiger partial charge in [0, 0.05) is 48.8 Å². The van der Waals surface area contributed by atoms with E-state index in [0.717, 1.165) is 12.8 Å². The maximum absolute atomic E-state index is 11.9. The number of hydrogen-bond donors (Lipinski definition) is 4. The van der Waals surface area contributed by atoms with E-state index in [1.807, 2.05) is 0 Å². The largest absolute Gasteiger partial charge is 0.399 e. The Morgan fingerprint density at radius 2 is 0.909 bits per heavy atom. The van der Waals surface area contributed by atoms with Gasteiger partial charge in [0.1, 0.15) is 0 Å². The molecule has 0 saturated carbocycles. The maximum atomic E-state index is 11.9. The number of carbonyl (C=O) groups is 2. The molecule has 2 amide bonds. The predicted octanol–water partition coefficient (Wildman–Crippen LogP) is 1.84. The highest BCUT2D eigenvalue weighted by Crippen LogP contribution is 2.06. The third-order valence-electron chi connectivity index (χ3n) is 4.59. The summed E-state index contributed by atoms with van der Waals surface area (Å²) in [5, 5.41) is 5.68. The molecule has 2 aromatic rings. The monoisotopic (exact) mass is 458 g/mol. The van der Waals surface area contributed by atoms with Crippen molar-refractivity contribution in [2.75, 3.05) is 64.2 Å². The lowest BCUT2D eigenvalue weighted by atomic mass is 10.2. The van der Waals surface area contributed by atoms with Crippen LogP contribution in [-0.4, -0.2) is 64.5 Å². The minimum Gasteiger partial charge on any atom is -0.399 e. The number of amides is 2. The van der Waals surface area contributed by atoms with E-state index in [2.05, 4.69) is 10.6 Å². The Balaban J connectivity index is 1.32. The number of rotatable bonds is 16. The summed E-state index contributed by atoms with van der Waals surface area (Å²) in [6, 6.07) is 13.6. The van der Waals surface area contributed by atoms with Crippen molar-refractivity contribution < 1.29 is 23.8 Å². The predicted molar refractivity (Wildman–Crippen MR) is 128 cm³/mol. The number of carbonyl (C=O) groups excluding carboxylic acids is 2. The molecule has 2 aromatic carbocycles. The normalized spacial score (nSPS) is 10.7. The third-order valence-corrected chi connectivity index (χ3v) is 4.59. The fourth-order valence-corrected chi connectivity index (χ4v) is 2.77. The van der Waals surface area contributed by atoms with Gasteiger partial charge in [-0.25, -0.2) is 0 Å². The first-order chi connectivity index (χ1) is 16.1. The second-order valence-electron chi connectivity index (χ2n) is 7.30. The van der Waals surface area contributed by atoms with Gasteiger partial charge in [-0.3, -0.25) is 9.59 Å². The van der Waals surface area contributed by atoms with Crippen LogP contribution < -0.4 is 22.1 Å². The van der Waals surface area contributed by atoms with Crippen molar-refractivity contribution in [1.29, 1.82) is 0 Å². The highest BCUT2D eigenvalue weighted by molar-refractivity contribution is 5.94. The fourth-order valence-electron chi connectivity index (χ4n) is 2.77. The number of hydrogen-bond acceptors (Lipinski definition) is 7. The number of nitrogens with two attached hydrogens (primary N) is 2. The number of ether oxygens (including phenoxy) is 3. The summed E-state index contributed by atoms with van der Waals surface area (Å²) in [6.07, 6.45) is 1.44. The van der Waals surface area contributed by atoms with Crippen LogP contribution in [0.1, 0.15) is 33.6 Å². The lowest BCUT2D eigenvalue weighted by molar-refractivity contribution is 0.0139. The first-order valence-corrected chi connectivity index (χ1v) is 11.1. The number of nitrogens with one attached hydrogen (secondary N) is 2. The summed E-state index contributed by atoms with van der Waals surface area (Å²) >= 11 is 0. The minimum absolute atomic E-state index is 0.123. The van der Waals surface area contributed by atoms with Crippen LogP contribution in [0.4, 0.5) is 11.4 Å². The first-order valence-electron chi connectivity index (χ1n) is 11.1. The molecule has 0 fully saturated rings. The van der Waals surface area contributed by atoms with E-state index in [4.69, 9.17) is 25.7 Å². The summed E-state index contributed by atoms with van der Waals surface area (Å²) in [5.41, 5.74) is 13.6. The lowest BCUT2D eigenvalue weighted by Gasteiger charge is -2.08. The van der Waals surface area contributed by atoms with Gasteiger partial charge in [-0.05, 0) is 61.4 Å². The molecule has 9 nitrogen and oxygen atoms in total. The second kappa shape index (κ2) is 15.6. The van der Waals surface area contributed by atoms with Gasteiger partial charge in [-0.2, -0.15) is 0 Å². The van der Waals surface area contributed by atoms with Crippen molar-refractivity contribution in [2.24, 2.45) is 0 Å². The maximum Gasteiger partial charge on any atom is 0.251 e. The number of anilines is 2. The molecule has 0 aliphatic carbocycles. The zero-order valence-electron chi connectivity index (χ0n) is 18.9. The Hall–Kier alpha value is -3.14. The highest BCUT2D eigenvalue weighted by atomic mass is 16.5. The second-order valence-corrected chi connectivity index (χ2v) is 7.30. The van der Waals surface area contributed by atoms with Crippen molar-refractivity contribution in [1.82, 2.24) is 10.6 Å². The van der Waals surface area contributed by atoms with Gasteiger partial charge in [0.2, 0.25) is 0 Å². The zero-order chi connectivity index (χ0) is 23.7. The van der Waals surface area contributed by atoms with Crippen LogP contribution in [0.5, 0.6) is 0 Å². The zero-order valence-corrected chi connectivity index (χ0v) is 18.9. The number of benzene rings is 2. The smallest absolute Gasteiger partial charge is 0.251 e. The molecule has 0 heterocycles. The van der Waals surface area contributed by atoms with E-state index in [9.17, 15) is 9.59 Å². The molecule has 0 saturated heterocycles. The molecule has 0 aliphatic rings. The van der Waals surface area contributed by atoms with Gasteiger partial charge < -0.3 is 36.3 Å². The summed E-state index contributed by atoms with van der Waals surface area (Å²) in [4.78, 5) is 23.9. The molecule has 0 bridgehead atoms. The lowest BCUT2D eigenvalue weighted by Crippen LogP contribution is -2.25. The Bertz CT molecular complexity index is 758. The molecule has 0 aliphatic heterocycles. The minimum atomic E-state index is -0.123. The van der Waals surface area contributed by atoms with Gasteiger partial charge in [0.05, 0.1) is 26.4 Å². The fraction of sp³-hybridized carbons (Fsp3) is 0.417. The Kier molecular flexibility index (Phi) is 12.4. The summed E-state index contributed by atoms with van der Waals surface area (Å²) < 4.78 is 16.4. The topological polar surface area (TPSA) is 138 Å². The molecule has 9 heteroatoms. The molecule has 0 aromatic heterocycles. The highest BCUT2D eigenvalue weighted by Gasteiger charge is 2.04. The molecule has 0 atom stereocenters. The average Bonchev–Trinajstić information content (AvgIpc) is 2.82. The van der Waals surface area contributed by atoms with Crippen LogP contribution in [-0.2, 0) is 14.2 Å². The third kappa shape index (κ3) is 11.3. The average molecular weight is 459 g/mol. The molecular formula is C24H34N4O5. The van der Waals surface area contributed by atoms with E-state index in [0.29, 0.717) is 75.2 Å². The molecular weight excluding hydrogens is 424 g/mol. The van der Waals surface area contributed by atoms with Crippen LogP contribution in [0.3, 0.4) is 0 Å². The summed E-state index contributed by atoms with van der Waals surface area (Å²) in [6.45, 7) is 4.12. The van der Waals surface area contributed by atoms with Gasteiger partial charge in [-0.1, -0.05) is 0 Å². The first kappa shape index (κ1) is 26.1. The molecule has 33 heavy (non-hydrogen) atoms. The molecule has 180 valence electrons. The Morgan fingerprint density at radius 1 is 0.576 bits per heavy atom.